The zero-order valence-electron chi connectivity index (χ0n) is 12.4. The van der Waals surface area contributed by atoms with Crippen molar-refractivity contribution in [3.8, 4) is 5.75 Å². The van der Waals surface area contributed by atoms with Gasteiger partial charge in [0.1, 0.15) is 5.75 Å². The molecule has 0 aromatic heterocycles. The van der Waals surface area contributed by atoms with Crippen molar-refractivity contribution in [1.29, 1.82) is 0 Å². The molecule has 1 aliphatic rings. The molecular formula is C17H16N2O3. The number of rotatable bonds is 4. The normalized spacial score (nSPS) is 13.3. The van der Waals surface area contributed by atoms with Crippen LogP contribution in [0.15, 0.2) is 42.5 Å². The fraction of sp³-hybridized carbons (Fsp3) is 0.176. The maximum atomic E-state index is 12.0. The minimum atomic E-state index is -0.256. The molecule has 1 heterocycles. The van der Waals surface area contributed by atoms with E-state index < -0.39 is 0 Å². The topological polar surface area (TPSA) is 58.6 Å². The van der Waals surface area contributed by atoms with Crippen LogP contribution in [0.25, 0.3) is 0 Å². The van der Waals surface area contributed by atoms with E-state index in [4.69, 9.17) is 4.74 Å². The van der Waals surface area contributed by atoms with E-state index in [1.54, 1.807) is 19.2 Å². The highest BCUT2D eigenvalue weighted by Gasteiger charge is 2.32. The molecule has 2 amide bonds. The Balaban J connectivity index is 1.74. The van der Waals surface area contributed by atoms with Crippen molar-refractivity contribution in [3.05, 3.63) is 59.2 Å². The second-order valence-corrected chi connectivity index (χ2v) is 5.13. The van der Waals surface area contributed by atoms with Crippen LogP contribution < -0.4 is 10.1 Å². The number of ether oxygens (including phenoxy) is 1. The number of methoxy groups -OCH3 is 1. The summed E-state index contributed by atoms with van der Waals surface area (Å²) in [5.74, 6) is 0.309. The number of carbonyl (C=O) groups excluding carboxylic acids is 2. The first kappa shape index (κ1) is 14.1. The molecule has 1 aliphatic heterocycles. The van der Waals surface area contributed by atoms with Gasteiger partial charge in [0, 0.05) is 19.3 Å². The van der Waals surface area contributed by atoms with Gasteiger partial charge in [0.2, 0.25) is 0 Å². The number of anilines is 1. The minimum absolute atomic E-state index is 0.248. The summed E-state index contributed by atoms with van der Waals surface area (Å²) in [4.78, 5) is 24.9. The standard InChI is InChI=1S/C17H16N2O3/c1-19-16(20)14-8-5-12(9-15(14)17(19)21)18-10-11-3-6-13(22-2)7-4-11/h3-9,18H,10H2,1-2H3. The molecule has 112 valence electrons. The first-order valence-electron chi connectivity index (χ1n) is 6.93. The van der Waals surface area contributed by atoms with Gasteiger partial charge in [-0.1, -0.05) is 12.1 Å². The van der Waals surface area contributed by atoms with Gasteiger partial charge in [0.05, 0.1) is 18.2 Å². The average Bonchev–Trinajstić information content (AvgIpc) is 2.78. The minimum Gasteiger partial charge on any atom is -0.497 e. The third-order valence-corrected chi connectivity index (χ3v) is 3.75. The van der Waals surface area contributed by atoms with Crippen LogP contribution in [0.5, 0.6) is 5.75 Å². The lowest BCUT2D eigenvalue weighted by Gasteiger charge is -2.08. The summed E-state index contributed by atoms with van der Waals surface area (Å²) in [6.07, 6.45) is 0. The Morgan fingerprint density at radius 3 is 2.36 bits per heavy atom. The molecule has 0 fully saturated rings. The highest BCUT2D eigenvalue weighted by molar-refractivity contribution is 6.21. The summed E-state index contributed by atoms with van der Waals surface area (Å²) in [5, 5.41) is 3.26. The third-order valence-electron chi connectivity index (χ3n) is 3.75. The highest BCUT2D eigenvalue weighted by Crippen LogP contribution is 2.25. The van der Waals surface area contributed by atoms with Crippen molar-refractivity contribution < 1.29 is 14.3 Å². The molecule has 0 spiro atoms. The number of nitrogens with zero attached hydrogens (tertiary/aromatic N) is 1. The summed E-state index contributed by atoms with van der Waals surface area (Å²) < 4.78 is 5.12. The van der Waals surface area contributed by atoms with E-state index in [1.165, 1.54) is 7.05 Å². The van der Waals surface area contributed by atoms with Gasteiger partial charge in [-0.3, -0.25) is 14.5 Å². The van der Waals surface area contributed by atoms with E-state index in [0.717, 1.165) is 21.9 Å². The van der Waals surface area contributed by atoms with Gasteiger partial charge in [0.25, 0.3) is 11.8 Å². The van der Waals surface area contributed by atoms with Crippen molar-refractivity contribution in [3.63, 3.8) is 0 Å². The summed E-state index contributed by atoms with van der Waals surface area (Å²) >= 11 is 0. The predicted molar refractivity (Wildman–Crippen MR) is 83.2 cm³/mol. The molecule has 0 bridgehead atoms. The molecule has 0 saturated heterocycles. The Morgan fingerprint density at radius 2 is 1.68 bits per heavy atom. The predicted octanol–water partition coefficient (Wildman–Crippen LogP) is 2.53. The maximum absolute atomic E-state index is 12.0. The highest BCUT2D eigenvalue weighted by atomic mass is 16.5. The van der Waals surface area contributed by atoms with Gasteiger partial charge in [-0.15, -0.1) is 0 Å². The largest absolute Gasteiger partial charge is 0.497 e. The van der Waals surface area contributed by atoms with Gasteiger partial charge in [0.15, 0.2) is 0 Å². The molecule has 0 atom stereocenters. The van der Waals surface area contributed by atoms with Crippen molar-refractivity contribution in [2.45, 2.75) is 6.54 Å². The number of carbonyl (C=O) groups is 2. The first-order chi connectivity index (χ1) is 10.6. The molecular weight excluding hydrogens is 280 g/mol. The Hall–Kier alpha value is -2.82. The van der Waals surface area contributed by atoms with Crippen molar-refractivity contribution in [2.24, 2.45) is 0 Å². The van der Waals surface area contributed by atoms with Crippen LogP contribution in [-0.4, -0.2) is 30.9 Å². The molecule has 1 N–H and O–H groups in total. The van der Waals surface area contributed by atoms with Crippen LogP contribution in [0, 0.1) is 0 Å². The third kappa shape index (κ3) is 2.41. The molecule has 22 heavy (non-hydrogen) atoms. The Morgan fingerprint density at radius 1 is 1.00 bits per heavy atom. The van der Waals surface area contributed by atoms with E-state index >= 15 is 0 Å². The number of hydrogen-bond donors (Lipinski definition) is 1. The summed E-state index contributed by atoms with van der Waals surface area (Å²) in [5.41, 5.74) is 2.82. The van der Waals surface area contributed by atoms with Crippen LogP contribution >= 0.6 is 0 Å². The molecule has 5 nitrogen and oxygen atoms in total. The molecule has 5 heteroatoms. The number of amides is 2. The molecule has 0 saturated carbocycles. The molecule has 3 rings (SSSR count). The molecule has 0 radical (unpaired) electrons. The lowest BCUT2D eigenvalue weighted by molar-refractivity contribution is 0.0693. The first-order valence-corrected chi connectivity index (χ1v) is 6.93. The fourth-order valence-electron chi connectivity index (χ4n) is 2.42. The summed E-state index contributed by atoms with van der Waals surface area (Å²) in [6.45, 7) is 0.626. The second-order valence-electron chi connectivity index (χ2n) is 5.13. The van der Waals surface area contributed by atoms with E-state index in [0.29, 0.717) is 17.7 Å². The zero-order chi connectivity index (χ0) is 15.7. The van der Waals surface area contributed by atoms with E-state index in [1.807, 2.05) is 30.3 Å². The van der Waals surface area contributed by atoms with Crippen LogP contribution in [0.2, 0.25) is 0 Å². The molecule has 0 aliphatic carbocycles. The summed E-state index contributed by atoms with van der Waals surface area (Å²) in [6, 6.07) is 13.0. The van der Waals surface area contributed by atoms with Crippen LogP contribution in [0.1, 0.15) is 26.3 Å². The van der Waals surface area contributed by atoms with E-state index in [9.17, 15) is 9.59 Å². The molecule has 2 aromatic carbocycles. The fourth-order valence-corrected chi connectivity index (χ4v) is 2.42. The van der Waals surface area contributed by atoms with Gasteiger partial charge in [-0.05, 0) is 35.9 Å². The summed E-state index contributed by atoms with van der Waals surface area (Å²) in [7, 11) is 3.13. The Kier molecular flexibility index (Phi) is 3.55. The van der Waals surface area contributed by atoms with Gasteiger partial charge in [-0.2, -0.15) is 0 Å². The van der Waals surface area contributed by atoms with Crippen LogP contribution in [0.4, 0.5) is 5.69 Å². The number of fused-ring (bicyclic) bond motifs is 1. The number of hydrogen-bond acceptors (Lipinski definition) is 4. The average molecular weight is 296 g/mol. The quantitative estimate of drug-likeness (QED) is 0.881. The van der Waals surface area contributed by atoms with Crippen LogP contribution in [0.3, 0.4) is 0 Å². The van der Waals surface area contributed by atoms with E-state index in [-0.39, 0.29) is 11.8 Å². The monoisotopic (exact) mass is 296 g/mol. The zero-order valence-corrected chi connectivity index (χ0v) is 12.4. The number of imide groups is 1. The number of benzene rings is 2. The Labute approximate surface area is 128 Å². The lowest BCUT2D eigenvalue weighted by atomic mass is 10.1. The van der Waals surface area contributed by atoms with Crippen molar-refractivity contribution in [2.75, 3.05) is 19.5 Å². The Bertz CT molecular complexity index is 738. The number of nitrogens with one attached hydrogen (secondary N) is 1. The van der Waals surface area contributed by atoms with Gasteiger partial charge >= 0.3 is 0 Å². The maximum Gasteiger partial charge on any atom is 0.261 e. The van der Waals surface area contributed by atoms with E-state index in [2.05, 4.69) is 5.32 Å². The van der Waals surface area contributed by atoms with Crippen molar-refractivity contribution in [1.82, 2.24) is 4.90 Å². The lowest BCUT2D eigenvalue weighted by Crippen LogP contribution is -2.24. The second kappa shape index (κ2) is 5.52. The van der Waals surface area contributed by atoms with Crippen molar-refractivity contribution >= 4 is 17.5 Å². The molecule has 0 unspecified atom stereocenters. The smallest absolute Gasteiger partial charge is 0.261 e. The van der Waals surface area contributed by atoms with Gasteiger partial charge in [-0.25, -0.2) is 0 Å². The SMILES string of the molecule is COc1ccc(CNc2ccc3c(c2)C(=O)N(C)C3=O)cc1. The van der Waals surface area contributed by atoms with Gasteiger partial charge < -0.3 is 10.1 Å². The molecule has 2 aromatic rings. The van der Waals surface area contributed by atoms with Crippen LogP contribution in [-0.2, 0) is 6.54 Å².